The lowest BCUT2D eigenvalue weighted by Crippen LogP contribution is -2.38. The van der Waals surface area contributed by atoms with Crippen molar-refractivity contribution in [2.45, 2.75) is 44.7 Å². The summed E-state index contributed by atoms with van der Waals surface area (Å²) in [6.45, 7) is 5.71. The second-order valence-electron chi connectivity index (χ2n) is 6.58. The highest BCUT2D eigenvalue weighted by atomic mass is 32.2. The molecular formula is C14H18F3N3O5S. The van der Waals surface area contributed by atoms with Crippen LogP contribution >= 0.6 is 0 Å². The van der Waals surface area contributed by atoms with E-state index in [1.807, 2.05) is 0 Å². The van der Waals surface area contributed by atoms with Crippen molar-refractivity contribution in [2.24, 2.45) is 0 Å². The Morgan fingerprint density at radius 2 is 1.81 bits per heavy atom. The number of aromatic nitrogens is 2. The second kappa shape index (κ2) is 6.89. The summed E-state index contributed by atoms with van der Waals surface area (Å²) in [6.07, 6.45) is 1.22. The van der Waals surface area contributed by atoms with Gasteiger partial charge in [-0.1, -0.05) is 0 Å². The molecule has 0 aliphatic carbocycles. The van der Waals surface area contributed by atoms with Crippen LogP contribution in [0.5, 0.6) is 6.01 Å². The number of halogens is 3. The fraction of sp³-hybridized carbons (Fsp3) is 0.643. The molecule has 1 aromatic heterocycles. The number of fused-ring (bicyclic) bond motifs is 1. The fourth-order valence-electron chi connectivity index (χ4n) is 2.15. The fourth-order valence-corrected chi connectivity index (χ4v) is 2.52. The van der Waals surface area contributed by atoms with E-state index in [2.05, 4.69) is 14.2 Å². The Hall–Kier alpha value is -2.11. The van der Waals surface area contributed by atoms with Crippen LogP contribution in [-0.4, -0.2) is 53.6 Å². The maximum Gasteiger partial charge on any atom is 0.534 e. The highest BCUT2D eigenvalue weighted by Gasteiger charge is 2.49. The molecule has 1 amide bonds. The minimum Gasteiger partial charge on any atom is -0.444 e. The van der Waals surface area contributed by atoms with Crippen molar-refractivity contribution in [3.8, 4) is 6.01 Å². The number of alkyl halides is 3. The number of rotatable bonds is 2. The van der Waals surface area contributed by atoms with E-state index in [9.17, 15) is 26.4 Å². The standard InChI is InChI=1S/C14H18F3N3O5S/c1-13(2,3)24-12(21)20-6-4-9-8-18-11(19-10(9)5-7-20)25-26(22,23)14(15,16)17/h8H,4-7H2,1-3H3. The van der Waals surface area contributed by atoms with Gasteiger partial charge in [0.15, 0.2) is 0 Å². The Morgan fingerprint density at radius 1 is 1.19 bits per heavy atom. The third kappa shape index (κ3) is 4.96. The van der Waals surface area contributed by atoms with Crippen molar-refractivity contribution in [3.63, 3.8) is 0 Å². The van der Waals surface area contributed by atoms with E-state index in [4.69, 9.17) is 4.74 Å². The van der Waals surface area contributed by atoms with Crippen LogP contribution in [0.3, 0.4) is 0 Å². The van der Waals surface area contributed by atoms with Crippen molar-refractivity contribution in [3.05, 3.63) is 17.5 Å². The van der Waals surface area contributed by atoms with Gasteiger partial charge in [-0.15, -0.1) is 0 Å². The van der Waals surface area contributed by atoms with Gasteiger partial charge in [0.05, 0.1) is 5.69 Å². The zero-order valence-electron chi connectivity index (χ0n) is 14.3. The van der Waals surface area contributed by atoms with Crippen LogP contribution in [0.1, 0.15) is 32.0 Å². The molecule has 1 aliphatic rings. The molecule has 12 heteroatoms. The highest BCUT2D eigenvalue weighted by Crippen LogP contribution is 2.26. The molecule has 0 aromatic carbocycles. The zero-order chi connectivity index (χ0) is 19.8. The van der Waals surface area contributed by atoms with Crippen LogP contribution in [0.4, 0.5) is 18.0 Å². The first kappa shape index (κ1) is 20.2. The lowest BCUT2D eigenvalue weighted by atomic mass is 10.1. The van der Waals surface area contributed by atoms with E-state index >= 15 is 0 Å². The lowest BCUT2D eigenvalue weighted by Gasteiger charge is -2.26. The number of hydrogen-bond acceptors (Lipinski definition) is 7. The summed E-state index contributed by atoms with van der Waals surface area (Å²) in [6, 6.07) is -0.910. The third-order valence-electron chi connectivity index (χ3n) is 3.32. The zero-order valence-corrected chi connectivity index (χ0v) is 15.1. The summed E-state index contributed by atoms with van der Waals surface area (Å²) >= 11 is 0. The summed E-state index contributed by atoms with van der Waals surface area (Å²) in [5, 5.41) is 0. The molecule has 0 spiro atoms. The molecule has 0 bridgehead atoms. The van der Waals surface area contributed by atoms with Gasteiger partial charge in [-0.25, -0.2) is 9.78 Å². The molecular weight excluding hydrogens is 379 g/mol. The molecule has 26 heavy (non-hydrogen) atoms. The van der Waals surface area contributed by atoms with Crippen LogP contribution in [0.25, 0.3) is 0 Å². The Kier molecular flexibility index (Phi) is 5.36. The number of nitrogens with zero attached hydrogens (tertiary/aromatic N) is 3. The predicted molar refractivity (Wildman–Crippen MR) is 82.8 cm³/mol. The van der Waals surface area contributed by atoms with Crippen molar-refractivity contribution in [1.29, 1.82) is 0 Å². The largest absolute Gasteiger partial charge is 0.534 e. The van der Waals surface area contributed by atoms with Gasteiger partial charge in [-0.2, -0.15) is 26.6 Å². The summed E-state index contributed by atoms with van der Waals surface area (Å²) in [5.74, 6) is 0. The molecule has 1 aromatic rings. The summed E-state index contributed by atoms with van der Waals surface area (Å²) in [4.78, 5) is 20.8. The maximum absolute atomic E-state index is 12.4. The molecule has 0 N–H and O–H groups in total. The molecule has 0 radical (unpaired) electrons. The van der Waals surface area contributed by atoms with Crippen LogP contribution in [0, 0.1) is 0 Å². The normalized spacial score (nSPS) is 15.8. The number of hydrogen-bond donors (Lipinski definition) is 0. The van der Waals surface area contributed by atoms with Gasteiger partial charge in [0.2, 0.25) is 0 Å². The van der Waals surface area contributed by atoms with Gasteiger partial charge < -0.3 is 13.8 Å². The van der Waals surface area contributed by atoms with Gasteiger partial charge in [-0.05, 0) is 32.8 Å². The average Bonchev–Trinajstić information content (AvgIpc) is 2.66. The van der Waals surface area contributed by atoms with Crippen molar-refractivity contribution in [2.75, 3.05) is 13.1 Å². The smallest absolute Gasteiger partial charge is 0.444 e. The molecule has 2 rings (SSSR count). The minimum atomic E-state index is -5.84. The van der Waals surface area contributed by atoms with E-state index in [0.29, 0.717) is 24.2 Å². The summed E-state index contributed by atoms with van der Waals surface area (Å²) in [7, 11) is -5.84. The van der Waals surface area contributed by atoms with Gasteiger partial charge in [0.25, 0.3) is 0 Å². The molecule has 1 aliphatic heterocycles. The van der Waals surface area contributed by atoms with E-state index in [0.717, 1.165) is 0 Å². The molecule has 0 saturated carbocycles. The van der Waals surface area contributed by atoms with Crippen LogP contribution in [0.2, 0.25) is 0 Å². The Balaban J connectivity index is 2.13. The first-order valence-electron chi connectivity index (χ1n) is 7.62. The third-order valence-corrected chi connectivity index (χ3v) is 4.26. The van der Waals surface area contributed by atoms with Crippen molar-refractivity contribution in [1.82, 2.24) is 14.9 Å². The predicted octanol–water partition coefficient (Wildman–Crippen LogP) is 2.04. The topological polar surface area (TPSA) is 98.7 Å². The van der Waals surface area contributed by atoms with Gasteiger partial charge in [0, 0.05) is 25.7 Å². The van der Waals surface area contributed by atoms with E-state index < -0.39 is 33.3 Å². The quantitative estimate of drug-likeness (QED) is 0.556. The Bertz CT molecular complexity index is 790. The average molecular weight is 397 g/mol. The van der Waals surface area contributed by atoms with E-state index in [1.165, 1.54) is 11.1 Å². The first-order valence-corrected chi connectivity index (χ1v) is 9.03. The number of ether oxygens (including phenoxy) is 1. The summed E-state index contributed by atoms with van der Waals surface area (Å²) < 4.78 is 68.4. The highest BCUT2D eigenvalue weighted by molar-refractivity contribution is 7.87. The van der Waals surface area contributed by atoms with E-state index in [1.54, 1.807) is 20.8 Å². The van der Waals surface area contributed by atoms with Crippen LogP contribution in [-0.2, 0) is 27.7 Å². The van der Waals surface area contributed by atoms with Crippen LogP contribution in [0.15, 0.2) is 6.20 Å². The molecule has 8 nitrogen and oxygen atoms in total. The van der Waals surface area contributed by atoms with Gasteiger partial charge in [0.1, 0.15) is 5.60 Å². The number of carbonyl (C=O) groups excluding carboxylic acids is 1. The van der Waals surface area contributed by atoms with E-state index in [-0.39, 0.29) is 13.0 Å². The minimum absolute atomic E-state index is 0.194. The lowest BCUT2D eigenvalue weighted by molar-refractivity contribution is -0.0503. The molecule has 0 saturated heterocycles. The van der Waals surface area contributed by atoms with Crippen molar-refractivity contribution < 1.29 is 35.3 Å². The number of carbonyl (C=O) groups is 1. The Labute approximate surface area is 148 Å². The molecule has 146 valence electrons. The molecule has 0 fully saturated rings. The molecule has 0 unspecified atom stereocenters. The monoisotopic (exact) mass is 397 g/mol. The summed E-state index contributed by atoms with van der Waals surface area (Å²) in [5.41, 5.74) is -5.33. The second-order valence-corrected chi connectivity index (χ2v) is 8.11. The molecule has 2 heterocycles. The van der Waals surface area contributed by atoms with Crippen molar-refractivity contribution >= 4 is 16.2 Å². The van der Waals surface area contributed by atoms with Gasteiger partial charge in [-0.3, -0.25) is 0 Å². The van der Waals surface area contributed by atoms with Crippen LogP contribution < -0.4 is 4.18 Å². The SMILES string of the molecule is CC(C)(C)OC(=O)N1CCc2cnc(OS(=O)(=O)C(F)(F)F)nc2CC1. The first-order chi connectivity index (χ1) is 11.8. The Morgan fingerprint density at radius 3 is 2.38 bits per heavy atom. The van der Waals surface area contributed by atoms with Gasteiger partial charge >= 0.3 is 27.7 Å². The number of amides is 1. The molecule has 0 atom stereocenters. The maximum atomic E-state index is 12.4.